The lowest BCUT2D eigenvalue weighted by molar-refractivity contribution is 0.614. The van der Waals surface area contributed by atoms with Gasteiger partial charge in [-0.1, -0.05) is 20.8 Å². The van der Waals surface area contributed by atoms with Crippen molar-refractivity contribution < 1.29 is 4.39 Å². The summed E-state index contributed by atoms with van der Waals surface area (Å²) in [5, 5.41) is 0. The Balaban J connectivity index is 0.000000531. The Kier molecular flexibility index (Phi) is 4.16. The molecule has 0 saturated heterocycles. The fraction of sp³-hybridized carbons (Fsp3) is 0.333. The predicted octanol–water partition coefficient (Wildman–Crippen LogP) is 3.36. The summed E-state index contributed by atoms with van der Waals surface area (Å²) in [6.45, 7) is 5.92. The second kappa shape index (κ2) is 5.39. The van der Waals surface area contributed by atoms with Gasteiger partial charge in [0.25, 0.3) is 0 Å². The molecule has 1 aromatic carbocycles. The van der Waals surface area contributed by atoms with Crippen molar-refractivity contribution in [2.45, 2.75) is 27.2 Å². The van der Waals surface area contributed by atoms with Crippen LogP contribution < -0.4 is 0 Å². The minimum atomic E-state index is -0.199. The van der Waals surface area contributed by atoms with Crippen LogP contribution in [0.4, 0.5) is 4.39 Å². The fourth-order valence-electron chi connectivity index (χ4n) is 1.30. The first kappa shape index (κ1) is 11.6. The van der Waals surface area contributed by atoms with E-state index < -0.39 is 0 Å². The lowest BCUT2D eigenvalue weighted by atomic mass is 10.1. The molecule has 0 radical (unpaired) electrons. The highest BCUT2D eigenvalue weighted by atomic mass is 19.1. The molecule has 2 aromatic rings. The molecule has 1 heterocycles. The van der Waals surface area contributed by atoms with Crippen molar-refractivity contribution in [2.75, 3.05) is 0 Å². The van der Waals surface area contributed by atoms with Gasteiger partial charge < -0.3 is 0 Å². The van der Waals surface area contributed by atoms with Crippen molar-refractivity contribution in [1.82, 2.24) is 9.97 Å². The summed E-state index contributed by atoms with van der Waals surface area (Å²) in [4.78, 5) is 8.12. The van der Waals surface area contributed by atoms with Gasteiger partial charge in [0.15, 0.2) is 0 Å². The number of rotatable bonds is 1. The minimum absolute atomic E-state index is 0.199. The van der Waals surface area contributed by atoms with Gasteiger partial charge in [-0.3, -0.25) is 9.97 Å². The highest BCUT2D eigenvalue weighted by molar-refractivity contribution is 5.74. The van der Waals surface area contributed by atoms with E-state index in [1.54, 1.807) is 18.5 Å². The summed E-state index contributed by atoms with van der Waals surface area (Å²) in [5.74, 6) is -0.199. The maximum absolute atomic E-state index is 13.3. The van der Waals surface area contributed by atoms with E-state index in [0.29, 0.717) is 17.5 Å². The Morgan fingerprint density at radius 1 is 1.07 bits per heavy atom. The van der Waals surface area contributed by atoms with Crippen LogP contribution in [0, 0.1) is 5.82 Å². The summed E-state index contributed by atoms with van der Waals surface area (Å²) < 4.78 is 13.3. The van der Waals surface area contributed by atoms with E-state index >= 15 is 0 Å². The smallest absolute Gasteiger partial charge is 0.128 e. The van der Waals surface area contributed by atoms with Gasteiger partial charge in [0, 0.05) is 18.5 Å². The average Bonchev–Trinajstić information content (AvgIpc) is 2.31. The number of benzene rings is 1. The highest BCUT2D eigenvalue weighted by Crippen LogP contribution is 2.15. The molecule has 2 nitrogen and oxygen atoms in total. The third-order valence-electron chi connectivity index (χ3n) is 2.02. The predicted molar refractivity (Wildman–Crippen MR) is 60.2 cm³/mol. The van der Waals surface area contributed by atoms with Crippen LogP contribution in [0.1, 0.15) is 26.3 Å². The van der Waals surface area contributed by atoms with Crippen LogP contribution in [0.15, 0.2) is 24.5 Å². The second-order valence-corrected chi connectivity index (χ2v) is 2.84. The van der Waals surface area contributed by atoms with E-state index in [4.69, 9.17) is 0 Å². The quantitative estimate of drug-likeness (QED) is 0.715. The molecule has 0 unspecified atom stereocenters. The molecule has 0 aliphatic carbocycles. The van der Waals surface area contributed by atoms with E-state index in [1.807, 2.05) is 20.8 Å². The molecule has 0 atom stereocenters. The molecule has 2 rings (SSSR count). The molecule has 0 amide bonds. The summed E-state index contributed by atoms with van der Waals surface area (Å²) in [6, 6.07) is 3.18. The zero-order valence-corrected chi connectivity index (χ0v) is 9.29. The summed E-state index contributed by atoms with van der Waals surface area (Å²) in [7, 11) is 0. The number of aryl methyl sites for hydroxylation is 1. The van der Waals surface area contributed by atoms with E-state index in [0.717, 1.165) is 5.52 Å². The van der Waals surface area contributed by atoms with Crippen molar-refractivity contribution >= 4 is 11.0 Å². The molecule has 15 heavy (non-hydrogen) atoms. The lowest BCUT2D eigenvalue weighted by Gasteiger charge is -2.00. The molecular weight excluding hydrogens is 191 g/mol. The van der Waals surface area contributed by atoms with Gasteiger partial charge in [-0.2, -0.15) is 0 Å². The fourth-order valence-corrected chi connectivity index (χ4v) is 1.30. The van der Waals surface area contributed by atoms with Crippen LogP contribution in [-0.4, -0.2) is 9.97 Å². The molecule has 0 aliphatic rings. The van der Waals surface area contributed by atoms with Crippen LogP contribution in [0.25, 0.3) is 11.0 Å². The van der Waals surface area contributed by atoms with Crippen LogP contribution in [0.3, 0.4) is 0 Å². The number of hydrogen-bond donors (Lipinski definition) is 0. The third kappa shape index (κ3) is 2.49. The number of fused-ring (bicyclic) bond motifs is 1. The molecule has 0 aliphatic heterocycles. The molecule has 1 aromatic heterocycles. The summed E-state index contributed by atoms with van der Waals surface area (Å²) in [6.07, 6.45) is 3.85. The first-order valence-corrected chi connectivity index (χ1v) is 5.20. The molecule has 0 N–H and O–H groups in total. The van der Waals surface area contributed by atoms with Gasteiger partial charge >= 0.3 is 0 Å². The van der Waals surface area contributed by atoms with E-state index in [1.165, 1.54) is 6.07 Å². The van der Waals surface area contributed by atoms with Crippen molar-refractivity contribution in [3.05, 3.63) is 35.9 Å². The molecule has 3 heteroatoms. The standard InChI is InChI=1S/C10H9FN2.C2H6/c1-2-7-5-9-10(6-8(7)11)13-4-3-12-9;1-2/h3-6H,2H2,1H3;1-2H3. The Bertz CT molecular complexity index is 441. The number of nitrogens with zero attached hydrogens (tertiary/aromatic N) is 2. The van der Waals surface area contributed by atoms with Gasteiger partial charge in [0.05, 0.1) is 11.0 Å². The van der Waals surface area contributed by atoms with E-state index in [9.17, 15) is 4.39 Å². The highest BCUT2D eigenvalue weighted by Gasteiger charge is 2.03. The monoisotopic (exact) mass is 206 g/mol. The van der Waals surface area contributed by atoms with Crippen LogP contribution in [0.2, 0.25) is 0 Å². The van der Waals surface area contributed by atoms with Crippen molar-refractivity contribution in [1.29, 1.82) is 0 Å². The second-order valence-electron chi connectivity index (χ2n) is 2.84. The van der Waals surface area contributed by atoms with Crippen molar-refractivity contribution in [2.24, 2.45) is 0 Å². The van der Waals surface area contributed by atoms with E-state index in [-0.39, 0.29) is 5.82 Å². The number of hydrogen-bond acceptors (Lipinski definition) is 2. The van der Waals surface area contributed by atoms with Gasteiger partial charge in [-0.15, -0.1) is 0 Å². The van der Waals surface area contributed by atoms with Crippen LogP contribution >= 0.6 is 0 Å². The normalized spacial score (nSPS) is 9.60. The van der Waals surface area contributed by atoms with Gasteiger partial charge in [0.1, 0.15) is 5.82 Å². The Morgan fingerprint density at radius 3 is 2.13 bits per heavy atom. The maximum Gasteiger partial charge on any atom is 0.128 e. The zero-order chi connectivity index (χ0) is 11.3. The SMILES string of the molecule is CC.CCc1cc2nccnc2cc1F. The van der Waals surface area contributed by atoms with Gasteiger partial charge in [-0.05, 0) is 18.1 Å². The largest absolute Gasteiger partial charge is 0.253 e. The third-order valence-corrected chi connectivity index (χ3v) is 2.02. The first-order valence-electron chi connectivity index (χ1n) is 5.20. The number of halogens is 1. The first-order chi connectivity index (χ1) is 7.31. The Morgan fingerprint density at radius 2 is 1.60 bits per heavy atom. The average molecular weight is 206 g/mol. The van der Waals surface area contributed by atoms with E-state index in [2.05, 4.69) is 9.97 Å². The molecule has 0 spiro atoms. The van der Waals surface area contributed by atoms with Crippen molar-refractivity contribution in [3.8, 4) is 0 Å². The topological polar surface area (TPSA) is 25.8 Å². The van der Waals surface area contributed by atoms with Crippen LogP contribution in [-0.2, 0) is 6.42 Å². The molecule has 80 valence electrons. The lowest BCUT2D eigenvalue weighted by Crippen LogP contribution is -1.90. The summed E-state index contributed by atoms with van der Waals surface area (Å²) in [5.41, 5.74) is 2.05. The Labute approximate surface area is 89.2 Å². The Hall–Kier alpha value is -1.51. The molecule has 0 saturated carbocycles. The minimum Gasteiger partial charge on any atom is -0.253 e. The maximum atomic E-state index is 13.3. The van der Waals surface area contributed by atoms with Crippen LogP contribution in [0.5, 0.6) is 0 Å². The van der Waals surface area contributed by atoms with Gasteiger partial charge in [0.2, 0.25) is 0 Å². The van der Waals surface area contributed by atoms with Crippen molar-refractivity contribution in [3.63, 3.8) is 0 Å². The molecule has 0 fully saturated rings. The molecular formula is C12H15FN2. The molecule has 0 bridgehead atoms. The zero-order valence-electron chi connectivity index (χ0n) is 9.29. The summed E-state index contributed by atoms with van der Waals surface area (Å²) >= 11 is 0. The number of aromatic nitrogens is 2. The van der Waals surface area contributed by atoms with Gasteiger partial charge in [-0.25, -0.2) is 4.39 Å².